The van der Waals surface area contributed by atoms with Crippen molar-refractivity contribution in [1.82, 2.24) is 5.43 Å². The molecule has 0 aromatic heterocycles. The Bertz CT molecular complexity index is 280. The quantitative estimate of drug-likeness (QED) is 0.452. The standard InChI is InChI=1S/C11H26N2O3S/c1-4-7-11(16-3)10(13-12)8-6-9-17(14,15)5-2/h10-11,13H,4-9,12H2,1-3H3. The van der Waals surface area contributed by atoms with E-state index in [-0.39, 0.29) is 23.7 Å². The average molecular weight is 266 g/mol. The van der Waals surface area contributed by atoms with Gasteiger partial charge in [0, 0.05) is 18.9 Å². The second-order valence-electron chi connectivity index (χ2n) is 4.21. The molecule has 0 aromatic rings. The van der Waals surface area contributed by atoms with Crippen molar-refractivity contribution in [2.45, 2.75) is 51.7 Å². The molecule has 0 aliphatic carbocycles. The topological polar surface area (TPSA) is 81.4 Å². The molecule has 0 radical (unpaired) electrons. The lowest BCUT2D eigenvalue weighted by Gasteiger charge is -2.25. The molecule has 17 heavy (non-hydrogen) atoms. The van der Waals surface area contributed by atoms with Gasteiger partial charge < -0.3 is 4.74 Å². The van der Waals surface area contributed by atoms with Gasteiger partial charge in [-0.3, -0.25) is 11.3 Å². The summed E-state index contributed by atoms with van der Waals surface area (Å²) in [6, 6.07) is 0.0204. The van der Waals surface area contributed by atoms with E-state index in [9.17, 15) is 8.42 Å². The smallest absolute Gasteiger partial charge is 0.150 e. The molecule has 3 N–H and O–H groups in total. The van der Waals surface area contributed by atoms with E-state index in [1.54, 1.807) is 14.0 Å². The van der Waals surface area contributed by atoms with E-state index in [0.29, 0.717) is 12.8 Å². The fourth-order valence-corrected chi connectivity index (χ4v) is 2.71. The number of rotatable bonds is 10. The van der Waals surface area contributed by atoms with E-state index < -0.39 is 9.84 Å². The van der Waals surface area contributed by atoms with Crippen molar-refractivity contribution in [3.8, 4) is 0 Å². The summed E-state index contributed by atoms with van der Waals surface area (Å²) in [7, 11) is -1.22. The Morgan fingerprint density at radius 2 is 1.94 bits per heavy atom. The van der Waals surface area contributed by atoms with Crippen LogP contribution in [0.5, 0.6) is 0 Å². The Morgan fingerprint density at radius 1 is 1.29 bits per heavy atom. The van der Waals surface area contributed by atoms with E-state index in [4.69, 9.17) is 10.6 Å². The van der Waals surface area contributed by atoms with Gasteiger partial charge in [-0.2, -0.15) is 0 Å². The molecule has 0 heterocycles. The fraction of sp³-hybridized carbons (Fsp3) is 1.00. The third-order valence-electron chi connectivity index (χ3n) is 2.95. The van der Waals surface area contributed by atoms with Gasteiger partial charge in [0.2, 0.25) is 0 Å². The molecule has 0 aliphatic heterocycles. The van der Waals surface area contributed by atoms with Crippen LogP contribution in [0.15, 0.2) is 0 Å². The van der Waals surface area contributed by atoms with Gasteiger partial charge in [-0.15, -0.1) is 0 Å². The van der Waals surface area contributed by atoms with Crippen LogP contribution in [0.25, 0.3) is 0 Å². The summed E-state index contributed by atoms with van der Waals surface area (Å²) in [5, 5.41) is 0. The monoisotopic (exact) mass is 266 g/mol. The minimum Gasteiger partial charge on any atom is -0.380 e. The zero-order valence-corrected chi connectivity index (χ0v) is 11.9. The summed E-state index contributed by atoms with van der Waals surface area (Å²) in [4.78, 5) is 0. The first-order chi connectivity index (χ1) is 8.00. The molecule has 2 atom stereocenters. The third kappa shape index (κ3) is 6.98. The van der Waals surface area contributed by atoms with Crippen LogP contribution in [-0.4, -0.2) is 39.2 Å². The van der Waals surface area contributed by atoms with Gasteiger partial charge in [0.15, 0.2) is 0 Å². The molecule has 6 heteroatoms. The normalized spacial score (nSPS) is 15.8. The number of nitrogens with two attached hydrogens (primary N) is 1. The highest BCUT2D eigenvalue weighted by Gasteiger charge is 2.19. The molecular weight excluding hydrogens is 240 g/mol. The Hall–Kier alpha value is -0.170. The SMILES string of the molecule is CCCC(OC)C(CCCS(=O)(=O)CC)NN. The first-order valence-corrected chi connectivity index (χ1v) is 8.02. The molecule has 0 spiro atoms. The summed E-state index contributed by atoms with van der Waals surface area (Å²) in [6.45, 7) is 3.75. The van der Waals surface area contributed by atoms with Gasteiger partial charge in [-0.25, -0.2) is 8.42 Å². The number of ether oxygens (including phenoxy) is 1. The highest BCUT2D eigenvalue weighted by Crippen LogP contribution is 2.11. The van der Waals surface area contributed by atoms with E-state index in [1.165, 1.54) is 0 Å². The maximum atomic E-state index is 11.4. The minimum atomic E-state index is -2.88. The number of hydrazine groups is 1. The van der Waals surface area contributed by atoms with Crippen LogP contribution >= 0.6 is 0 Å². The Balaban J connectivity index is 4.13. The molecule has 0 aliphatic rings. The van der Waals surface area contributed by atoms with Crippen LogP contribution in [0.1, 0.15) is 39.5 Å². The van der Waals surface area contributed by atoms with Crippen LogP contribution in [0.4, 0.5) is 0 Å². The van der Waals surface area contributed by atoms with Crippen molar-refractivity contribution in [2.75, 3.05) is 18.6 Å². The lowest BCUT2D eigenvalue weighted by Crippen LogP contribution is -2.45. The maximum Gasteiger partial charge on any atom is 0.150 e. The molecule has 5 nitrogen and oxygen atoms in total. The third-order valence-corrected chi connectivity index (χ3v) is 4.74. The molecular formula is C11H26N2O3S. The van der Waals surface area contributed by atoms with Crippen LogP contribution in [0, 0.1) is 0 Å². The van der Waals surface area contributed by atoms with Gasteiger partial charge in [-0.1, -0.05) is 20.3 Å². The van der Waals surface area contributed by atoms with E-state index in [2.05, 4.69) is 12.3 Å². The molecule has 0 aromatic carbocycles. The lowest BCUT2D eigenvalue weighted by atomic mass is 10.0. The summed E-state index contributed by atoms with van der Waals surface area (Å²) >= 11 is 0. The molecule has 104 valence electrons. The van der Waals surface area contributed by atoms with Gasteiger partial charge in [0.1, 0.15) is 9.84 Å². The predicted octanol–water partition coefficient (Wildman–Crippen LogP) is 0.848. The van der Waals surface area contributed by atoms with Crippen LogP contribution in [0.3, 0.4) is 0 Å². The van der Waals surface area contributed by atoms with Crippen LogP contribution in [0.2, 0.25) is 0 Å². The molecule has 0 rings (SSSR count). The van der Waals surface area contributed by atoms with E-state index in [0.717, 1.165) is 12.8 Å². The van der Waals surface area contributed by atoms with Crippen molar-refractivity contribution in [2.24, 2.45) is 5.84 Å². The van der Waals surface area contributed by atoms with Gasteiger partial charge >= 0.3 is 0 Å². The summed E-state index contributed by atoms with van der Waals surface area (Å²) in [6.07, 6.45) is 3.33. The number of nitrogens with one attached hydrogen (secondary N) is 1. The maximum absolute atomic E-state index is 11.4. The predicted molar refractivity (Wildman–Crippen MR) is 70.4 cm³/mol. The fourth-order valence-electron chi connectivity index (χ4n) is 1.81. The molecule has 0 amide bonds. The van der Waals surface area contributed by atoms with E-state index in [1.807, 2.05) is 0 Å². The number of hydrogen-bond donors (Lipinski definition) is 2. The van der Waals surface area contributed by atoms with Crippen molar-refractivity contribution in [3.05, 3.63) is 0 Å². The lowest BCUT2D eigenvalue weighted by molar-refractivity contribution is 0.0579. The Kier molecular flexibility index (Phi) is 8.77. The summed E-state index contributed by atoms with van der Waals surface area (Å²) in [5.74, 6) is 5.91. The van der Waals surface area contributed by atoms with Crippen LogP contribution < -0.4 is 11.3 Å². The molecule has 0 saturated heterocycles. The second-order valence-corrected chi connectivity index (χ2v) is 6.69. The summed E-state index contributed by atoms with van der Waals surface area (Å²) in [5.41, 5.74) is 2.72. The zero-order valence-electron chi connectivity index (χ0n) is 11.1. The largest absolute Gasteiger partial charge is 0.380 e. The summed E-state index contributed by atoms with van der Waals surface area (Å²) < 4.78 is 28.1. The van der Waals surface area contributed by atoms with Gasteiger partial charge in [-0.05, 0) is 19.3 Å². The van der Waals surface area contributed by atoms with Crippen molar-refractivity contribution < 1.29 is 13.2 Å². The van der Waals surface area contributed by atoms with Crippen molar-refractivity contribution in [3.63, 3.8) is 0 Å². The first-order valence-electron chi connectivity index (χ1n) is 6.20. The van der Waals surface area contributed by atoms with Gasteiger partial charge in [0.05, 0.1) is 11.9 Å². The number of methoxy groups -OCH3 is 1. The van der Waals surface area contributed by atoms with Gasteiger partial charge in [0.25, 0.3) is 0 Å². The van der Waals surface area contributed by atoms with Crippen molar-refractivity contribution >= 4 is 9.84 Å². The van der Waals surface area contributed by atoms with Crippen molar-refractivity contribution in [1.29, 1.82) is 0 Å². The Morgan fingerprint density at radius 3 is 2.35 bits per heavy atom. The van der Waals surface area contributed by atoms with Crippen LogP contribution in [-0.2, 0) is 14.6 Å². The Labute approximate surface area is 105 Å². The molecule has 0 saturated carbocycles. The molecule has 2 unspecified atom stereocenters. The molecule has 0 bridgehead atoms. The highest BCUT2D eigenvalue weighted by molar-refractivity contribution is 7.91. The first kappa shape index (κ1) is 16.8. The average Bonchev–Trinajstić information content (AvgIpc) is 2.32. The second kappa shape index (κ2) is 8.85. The highest BCUT2D eigenvalue weighted by atomic mass is 32.2. The number of sulfone groups is 1. The minimum absolute atomic E-state index is 0.0204. The number of hydrogen-bond acceptors (Lipinski definition) is 5. The van der Waals surface area contributed by atoms with E-state index >= 15 is 0 Å². The molecule has 0 fully saturated rings. The zero-order chi connectivity index (χ0) is 13.3.